The van der Waals surface area contributed by atoms with Gasteiger partial charge in [-0.3, -0.25) is 0 Å². The average Bonchev–Trinajstić information content (AvgIpc) is 2.83. The van der Waals surface area contributed by atoms with E-state index in [1.165, 1.54) is 0 Å². The molecule has 0 aliphatic rings. The smallest absolute Gasteiger partial charge is 0.154 e. The summed E-state index contributed by atoms with van der Waals surface area (Å²) in [7, 11) is 0. The molecule has 3 aromatic rings. The third kappa shape index (κ3) is 2.39. The molecule has 0 saturated carbocycles. The number of hydrogen-bond donors (Lipinski definition) is 0. The number of benzene rings is 1. The first kappa shape index (κ1) is 13.4. The molecule has 2 heterocycles. The molecule has 0 amide bonds. The van der Waals surface area contributed by atoms with Gasteiger partial charge in [0.05, 0.1) is 5.02 Å². The van der Waals surface area contributed by atoms with Crippen molar-refractivity contribution in [2.45, 2.75) is 19.8 Å². The predicted octanol–water partition coefficient (Wildman–Crippen LogP) is 5.32. The van der Waals surface area contributed by atoms with Crippen molar-refractivity contribution in [1.82, 2.24) is 9.97 Å². The number of rotatable bonds is 2. The topological polar surface area (TPSA) is 38.9 Å². The van der Waals surface area contributed by atoms with Crippen LogP contribution in [0.25, 0.3) is 22.4 Å². The Hall–Kier alpha value is -1.58. The first-order valence-electron chi connectivity index (χ1n) is 6.27. The molecule has 0 N–H and O–H groups in total. The van der Waals surface area contributed by atoms with Crippen LogP contribution in [0.5, 0.6) is 0 Å². The Morgan fingerprint density at radius 3 is 2.60 bits per heavy atom. The van der Waals surface area contributed by atoms with Crippen molar-refractivity contribution in [3.8, 4) is 11.5 Å². The van der Waals surface area contributed by atoms with Crippen LogP contribution in [0.15, 0.2) is 34.7 Å². The Morgan fingerprint density at radius 1 is 1.10 bits per heavy atom. The summed E-state index contributed by atoms with van der Waals surface area (Å²) in [5, 5.41) is 1.93. The second kappa shape index (κ2) is 5.08. The maximum atomic E-state index is 6.12. The van der Waals surface area contributed by atoms with Crippen molar-refractivity contribution < 1.29 is 4.42 Å². The van der Waals surface area contributed by atoms with Gasteiger partial charge in [0.15, 0.2) is 11.3 Å². The summed E-state index contributed by atoms with van der Waals surface area (Å²) in [6.07, 6.45) is 0. The molecule has 3 nitrogen and oxygen atoms in total. The lowest BCUT2D eigenvalue weighted by molar-refractivity contribution is 0.626. The van der Waals surface area contributed by atoms with E-state index in [0.29, 0.717) is 33.0 Å². The lowest BCUT2D eigenvalue weighted by atomic mass is 10.2. The minimum Gasteiger partial charge on any atom is -0.453 e. The molecule has 0 saturated heterocycles. The molecule has 1 aromatic carbocycles. The van der Waals surface area contributed by atoms with Crippen molar-refractivity contribution >= 4 is 34.2 Å². The summed E-state index contributed by atoms with van der Waals surface area (Å²) in [4.78, 5) is 8.71. The molecule has 5 heteroatoms. The van der Waals surface area contributed by atoms with E-state index < -0.39 is 0 Å². The summed E-state index contributed by atoms with van der Waals surface area (Å²) in [6, 6.07) is 9.23. The number of furan rings is 1. The Morgan fingerprint density at radius 2 is 1.90 bits per heavy atom. The summed E-state index contributed by atoms with van der Waals surface area (Å²) in [6.45, 7) is 4.04. The number of para-hydroxylation sites is 1. The summed E-state index contributed by atoms with van der Waals surface area (Å²) in [5.41, 5.74) is 1.32. The second-order valence-electron chi connectivity index (χ2n) is 4.86. The van der Waals surface area contributed by atoms with Gasteiger partial charge in [-0.15, -0.1) is 0 Å². The van der Waals surface area contributed by atoms with Crippen LogP contribution in [0.3, 0.4) is 0 Å². The first-order chi connectivity index (χ1) is 9.54. The van der Waals surface area contributed by atoms with Crippen molar-refractivity contribution in [3.05, 3.63) is 46.3 Å². The Kier molecular flexibility index (Phi) is 3.40. The van der Waals surface area contributed by atoms with Crippen LogP contribution in [-0.2, 0) is 0 Å². The minimum atomic E-state index is 0.195. The molecule has 0 aliphatic heterocycles. The number of nitrogens with zero attached hydrogens (tertiary/aromatic N) is 2. The molecule has 102 valence electrons. The van der Waals surface area contributed by atoms with E-state index in [1.807, 2.05) is 32.0 Å². The van der Waals surface area contributed by atoms with Crippen molar-refractivity contribution in [2.24, 2.45) is 0 Å². The van der Waals surface area contributed by atoms with Crippen LogP contribution in [0.2, 0.25) is 10.2 Å². The van der Waals surface area contributed by atoms with Crippen LogP contribution in [0.4, 0.5) is 0 Å². The SMILES string of the molecule is CC(C)c1nc(Cl)cc(-c2cc3cccc(Cl)c3o2)n1. The number of aromatic nitrogens is 2. The van der Waals surface area contributed by atoms with Crippen LogP contribution >= 0.6 is 23.2 Å². The monoisotopic (exact) mass is 306 g/mol. The highest BCUT2D eigenvalue weighted by atomic mass is 35.5. The lowest BCUT2D eigenvalue weighted by Crippen LogP contribution is -1.98. The van der Waals surface area contributed by atoms with E-state index in [-0.39, 0.29) is 5.92 Å². The molecule has 0 aliphatic carbocycles. The molecule has 3 rings (SSSR count). The predicted molar refractivity (Wildman–Crippen MR) is 81.3 cm³/mol. The highest BCUT2D eigenvalue weighted by Gasteiger charge is 2.13. The highest BCUT2D eigenvalue weighted by molar-refractivity contribution is 6.34. The zero-order valence-electron chi connectivity index (χ0n) is 11.0. The molecule has 0 bridgehead atoms. The number of fused-ring (bicyclic) bond motifs is 1. The molecule has 0 spiro atoms. The molecule has 2 aromatic heterocycles. The van der Waals surface area contributed by atoms with Gasteiger partial charge < -0.3 is 4.42 Å². The Labute approximate surface area is 126 Å². The van der Waals surface area contributed by atoms with Gasteiger partial charge >= 0.3 is 0 Å². The van der Waals surface area contributed by atoms with Crippen LogP contribution in [-0.4, -0.2) is 9.97 Å². The van der Waals surface area contributed by atoms with Crippen LogP contribution in [0.1, 0.15) is 25.6 Å². The standard InChI is InChI=1S/C15H12Cl2N2O/c1-8(2)15-18-11(7-13(17)19-15)12-6-9-4-3-5-10(16)14(9)20-12/h3-8H,1-2H3. The average molecular weight is 307 g/mol. The van der Waals surface area contributed by atoms with Crippen molar-refractivity contribution in [1.29, 1.82) is 0 Å². The van der Waals surface area contributed by atoms with Crippen molar-refractivity contribution in [2.75, 3.05) is 0 Å². The van der Waals surface area contributed by atoms with E-state index in [2.05, 4.69) is 9.97 Å². The van der Waals surface area contributed by atoms with E-state index in [4.69, 9.17) is 27.6 Å². The number of halogens is 2. The lowest BCUT2D eigenvalue weighted by Gasteiger charge is -2.05. The van der Waals surface area contributed by atoms with Crippen LogP contribution in [0, 0.1) is 0 Å². The number of hydrogen-bond acceptors (Lipinski definition) is 3. The van der Waals surface area contributed by atoms with Gasteiger partial charge in [-0.1, -0.05) is 49.2 Å². The third-order valence-corrected chi connectivity index (χ3v) is 3.47. The van der Waals surface area contributed by atoms with Gasteiger partial charge in [0.1, 0.15) is 16.7 Å². The molecule has 0 radical (unpaired) electrons. The summed E-state index contributed by atoms with van der Waals surface area (Å²) < 4.78 is 5.79. The highest BCUT2D eigenvalue weighted by Crippen LogP contribution is 2.32. The van der Waals surface area contributed by atoms with Crippen molar-refractivity contribution in [3.63, 3.8) is 0 Å². The quantitative estimate of drug-likeness (QED) is 0.601. The zero-order valence-corrected chi connectivity index (χ0v) is 12.5. The zero-order chi connectivity index (χ0) is 14.3. The van der Waals surface area contributed by atoms with Gasteiger partial charge in [0, 0.05) is 17.4 Å². The second-order valence-corrected chi connectivity index (χ2v) is 5.65. The largest absolute Gasteiger partial charge is 0.453 e. The molecule has 0 atom stereocenters. The van der Waals surface area contributed by atoms with Crippen LogP contribution < -0.4 is 0 Å². The Bertz CT molecular complexity index is 781. The van der Waals surface area contributed by atoms with E-state index in [9.17, 15) is 0 Å². The molecular weight excluding hydrogens is 295 g/mol. The van der Waals surface area contributed by atoms with Gasteiger partial charge in [-0.2, -0.15) is 0 Å². The van der Waals surface area contributed by atoms with E-state index in [0.717, 1.165) is 5.39 Å². The minimum absolute atomic E-state index is 0.195. The molecule has 0 fully saturated rings. The fraction of sp³-hybridized carbons (Fsp3) is 0.200. The van der Waals surface area contributed by atoms with Gasteiger partial charge in [-0.05, 0) is 12.1 Å². The van der Waals surface area contributed by atoms with E-state index in [1.54, 1.807) is 12.1 Å². The summed E-state index contributed by atoms with van der Waals surface area (Å²) >= 11 is 12.2. The fourth-order valence-corrected chi connectivity index (χ4v) is 2.38. The third-order valence-electron chi connectivity index (χ3n) is 2.98. The molecule has 0 unspecified atom stereocenters. The maximum absolute atomic E-state index is 6.12. The first-order valence-corrected chi connectivity index (χ1v) is 7.03. The van der Waals surface area contributed by atoms with Gasteiger partial charge in [0.2, 0.25) is 0 Å². The van der Waals surface area contributed by atoms with Gasteiger partial charge in [-0.25, -0.2) is 9.97 Å². The fourth-order valence-electron chi connectivity index (χ4n) is 1.97. The summed E-state index contributed by atoms with van der Waals surface area (Å²) in [5.74, 6) is 1.53. The van der Waals surface area contributed by atoms with E-state index >= 15 is 0 Å². The van der Waals surface area contributed by atoms with Gasteiger partial charge in [0.25, 0.3) is 0 Å². The Balaban J connectivity index is 2.17. The molecule has 20 heavy (non-hydrogen) atoms. The normalized spacial score (nSPS) is 11.4. The maximum Gasteiger partial charge on any atom is 0.154 e. The molecular formula is C15H12Cl2N2O.